The second-order valence-corrected chi connectivity index (χ2v) is 8.70. The van der Waals surface area contributed by atoms with Crippen molar-refractivity contribution in [2.75, 3.05) is 24.7 Å². The monoisotopic (exact) mass is 400 g/mol. The number of rotatable bonds is 4. The Balaban J connectivity index is 1.61. The summed E-state index contributed by atoms with van der Waals surface area (Å²) in [5.41, 5.74) is 2.43. The molecule has 2 saturated carbocycles. The summed E-state index contributed by atoms with van der Waals surface area (Å²) in [6.07, 6.45) is 11.6. The van der Waals surface area contributed by atoms with Crippen LogP contribution in [0.2, 0.25) is 0 Å². The first kappa shape index (κ1) is 21.5. The van der Waals surface area contributed by atoms with Crippen LogP contribution >= 0.6 is 0 Å². The Labute approximate surface area is 175 Å². The van der Waals surface area contributed by atoms with E-state index in [0.717, 1.165) is 36.9 Å². The van der Waals surface area contributed by atoms with E-state index in [1.165, 1.54) is 38.5 Å². The number of urea groups is 2. The number of benzene rings is 1. The van der Waals surface area contributed by atoms with E-state index in [2.05, 4.69) is 10.6 Å². The zero-order valence-electron chi connectivity index (χ0n) is 18.2. The first-order valence-electron chi connectivity index (χ1n) is 11.1. The van der Waals surface area contributed by atoms with Gasteiger partial charge in [-0.1, -0.05) is 44.6 Å². The molecule has 0 aromatic heterocycles. The fourth-order valence-electron chi connectivity index (χ4n) is 4.52. The Bertz CT molecular complexity index is 709. The molecule has 0 aliphatic heterocycles. The summed E-state index contributed by atoms with van der Waals surface area (Å²) >= 11 is 0. The van der Waals surface area contributed by atoms with Crippen molar-refractivity contribution in [1.29, 1.82) is 0 Å². The summed E-state index contributed by atoms with van der Waals surface area (Å²) in [7, 11) is 3.76. The van der Waals surface area contributed by atoms with Gasteiger partial charge in [-0.15, -0.1) is 0 Å². The van der Waals surface area contributed by atoms with E-state index in [4.69, 9.17) is 0 Å². The van der Waals surface area contributed by atoms with Gasteiger partial charge in [0, 0.05) is 37.6 Å². The molecule has 0 bridgehead atoms. The van der Waals surface area contributed by atoms with Crippen molar-refractivity contribution in [2.45, 2.75) is 83.2 Å². The van der Waals surface area contributed by atoms with E-state index < -0.39 is 0 Å². The maximum atomic E-state index is 12.7. The van der Waals surface area contributed by atoms with Crippen LogP contribution in [0.25, 0.3) is 0 Å². The summed E-state index contributed by atoms with van der Waals surface area (Å²) < 4.78 is 0. The van der Waals surface area contributed by atoms with Crippen molar-refractivity contribution in [1.82, 2.24) is 9.80 Å². The minimum atomic E-state index is -0.0858. The van der Waals surface area contributed by atoms with Gasteiger partial charge in [-0.05, 0) is 50.3 Å². The molecule has 3 rings (SSSR count). The fourth-order valence-corrected chi connectivity index (χ4v) is 4.52. The molecule has 6 heteroatoms. The molecule has 2 aliphatic carbocycles. The first-order valence-corrected chi connectivity index (χ1v) is 11.1. The highest BCUT2D eigenvalue weighted by Gasteiger charge is 2.24. The Hall–Kier alpha value is -2.24. The number of amides is 4. The highest BCUT2D eigenvalue weighted by molar-refractivity contribution is 5.93. The molecule has 1 aromatic carbocycles. The highest BCUT2D eigenvalue weighted by Crippen LogP contribution is 2.25. The maximum Gasteiger partial charge on any atom is 0.321 e. The van der Waals surface area contributed by atoms with Crippen molar-refractivity contribution in [2.24, 2.45) is 0 Å². The topological polar surface area (TPSA) is 64.7 Å². The molecule has 160 valence electrons. The Morgan fingerprint density at radius 3 is 1.79 bits per heavy atom. The van der Waals surface area contributed by atoms with Crippen molar-refractivity contribution in [3.05, 3.63) is 23.8 Å². The Kier molecular flexibility index (Phi) is 7.40. The van der Waals surface area contributed by atoms with Gasteiger partial charge in [0.25, 0.3) is 0 Å². The van der Waals surface area contributed by atoms with Crippen LogP contribution in [0.5, 0.6) is 0 Å². The van der Waals surface area contributed by atoms with Gasteiger partial charge in [-0.25, -0.2) is 9.59 Å². The summed E-state index contributed by atoms with van der Waals surface area (Å²) in [6, 6.07) is 6.15. The summed E-state index contributed by atoms with van der Waals surface area (Å²) in [4.78, 5) is 29.1. The maximum absolute atomic E-state index is 12.7. The van der Waals surface area contributed by atoms with E-state index in [9.17, 15) is 9.59 Å². The lowest BCUT2D eigenvalue weighted by Gasteiger charge is -2.32. The molecule has 2 aliphatic rings. The predicted molar refractivity (Wildman–Crippen MR) is 118 cm³/mol. The van der Waals surface area contributed by atoms with E-state index in [1.807, 2.05) is 49.0 Å². The van der Waals surface area contributed by atoms with E-state index in [1.54, 1.807) is 0 Å². The molecule has 0 atom stereocenters. The van der Waals surface area contributed by atoms with Crippen molar-refractivity contribution in [3.63, 3.8) is 0 Å². The molecule has 2 N–H and O–H groups in total. The van der Waals surface area contributed by atoms with Crippen LogP contribution in [0.4, 0.5) is 21.0 Å². The standard InChI is InChI=1S/C23H36N4O2/c1-17-14-15-18(24-22(28)26(2)19-10-6-4-7-11-19)16-21(17)25-23(29)27(3)20-12-8-5-9-13-20/h14-16,19-20H,4-13H2,1-3H3,(H,24,28)(H,25,29). The predicted octanol–water partition coefficient (Wildman–Crippen LogP) is 5.59. The van der Waals surface area contributed by atoms with E-state index in [-0.39, 0.29) is 12.1 Å². The zero-order valence-corrected chi connectivity index (χ0v) is 18.2. The zero-order chi connectivity index (χ0) is 20.8. The highest BCUT2D eigenvalue weighted by atomic mass is 16.2. The summed E-state index contributed by atoms with van der Waals surface area (Å²) in [5.74, 6) is 0. The van der Waals surface area contributed by atoms with Gasteiger partial charge in [-0.3, -0.25) is 0 Å². The number of aryl methyl sites for hydroxylation is 1. The quantitative estimate of drug-likeness (QED) is 0.692. The minimum absolute atomic E-state index is 0.0807. The average Bonchev–Trinajstić information content (AvgIpc) is 2.76. The van der Waals surface area contributed by atoms with Crippen molar-refractivity contribution >= 4 is 23.4 Å². The summed E-state index contributed by atoms with van der Waals surface area (Å²) in [6.45, 7) is 1.97. The third-order valence-electron chi connectivity index (χ3n) is 6.62. The second kappa shape index (κ2) is 9.99. The Morgan fingerprint density at radius 2 is 1.28 bits per heavy atom. The molecule has 1 aromatic rings. The number of hydrogen-bond acceptors (Lipinski definition) is 2. The number of nitrogens with one attached hydrogen (secondary N) is 2. The number of carbonyl (C=O) groups excluding carboxylic acids is 2. The molecule has 29 heavy (non-hydrogen) atoms. The van der Waals surface area contributed by atoms with Gasteiger partial charge in [0.2, 0.25) is 0 Å². The van der Waals surface area contributed by atoms with Crippen LogP contribution in [0.3, 0.4) is 0 Å². The van der Waals surface area contributed by atoms with Crippen molar-refractivity contribution < 1.29 is 9.59 Å². The lowest BCUT2D eigenvalue weighted by Crippen LogP contribution is -2.41. The SMILES string of the molecule is Cc1ccc(NC(=O)N(C)C2CCCCC2)cc1NC(=O)N(C)C1CCCCC1. The largest absolute Gasteiger partial charge is 0.325 e. The number of carbonyl (C=O) groups is 2. The molecule has 4 amide bonds. The van der Waals surface area contributed by atoms with Crippen LogP contribution in [0.1, 0.15) is 69.8 Å². The molecule has 0 unspecified atom stereocenters. The number of hydrogen-bond donors (Lipinski definition) is 2. The lowest BCUT2D eigenvalue weighted by atomic mass is 9.95. The molecular weight excluding hydrogens is 364 g/mol. The molecule has 0 radical (unpaired) electrons. The third kappa shape index (κ3) is 5.64. The van der Waals surface area contributed by atoms with Crippen LogP contribution in [0.15, 0.2) is 18.2 Å². The lowest BCUT2D eigenvalue weighted by molar-refractivity contribution is 0.186. The minimum Gasteiger partial charge on any atom is -0.325 e. The van der Waals surface area contributed by atoms with Gasteiger partial charge in [0.1, 0.15) is 0 Å². The third-order valence-corrected chi connectivity index (χ3v) is 6.62. The van der Waals surface area contributed by atoms with Crippen LogP contribution in [-0.4, -0.2) is 48.0 Å². The van der Waals surface area contributed by atoms with Gasteiger partial charge >= 0.3 is 12.1 Å². The normalized spacial score (nSPS) is 18.2. The van der Waals surface area contributed by atoms with Crippen LogP contribution < -0.4 is 10.6 Å². The number of nitrogens with zero attached hydrogens (tertiary/aromatic N) is 2. The molecule has 2 fully saturated rings. The van der Waals surface area contributed by atoms with Crippen LogP contribution in [0, 0.1) is 6.92 Å². The van der Waals surface area contributed by atoms with Crippen LogP contribution in [-0.2, 0) is 0 Å². The van der Waals surface area contributed by atoms with Gasteiger partial charge in [0.05, 0.1) is 0 Å². The van der Waals surface area contributed by atoms with Gasteiger partial charge in [-0.2, -0.15) is 0 Å². The molecule has 0 heterocycles. The number of anilines is 2. The van der Waals surface area contributed by atoms with Crippen molar-refractivity contribution in [3.8, 4) is 0 Å². The molecule has 0 saturated heterocycles. The van der Waals surface area contributed by atoms with Gasteiger partial charge in [0.15, 0.2) is 0 Å². The summed E-state index contributed by atoms with van der Waals surface area (Å²) in [5, 5.41) is 6.03. The Morgan fingerprint density at radius 1 is 0.793 bits per heavy atom. The van der Waals surface area contributed by atoms with Gasteiger partial charge < -0.3 is 20.4 Å². The smallest absolute Gasteiger partial charge is 0.321 e. The average molecular weight is 401 g/mol. The molecular formula is C23H36N4O2. The fraction of sp³-hybridized carbons (Fsp3) is 0.652. The second-order valence-electron chi connectivity index (χ2n) is 8.70. The molecule has 6 nitrogen and oxygen atoms in total. The first-order chi connectivity index (χ1) is 14.0. The molecule has 0 spiro atoms. The van der Waals surface area contributed by atoms with E-state index in [0.29, 0.717) is 17.8 Å². The van der Waals surface area contributed by atoms with E-state index >= 15 is 0 Å².